The van der Waals surface area contributed by atoms with Crippen LogP contribution in [0.4, 0.5) is 0 Å². The fourth-order valence-electron chi connectivity index (χ4n) is 1.19. The molecule has 1 aromatic rings. The summed E-state index contributed by atoms with van der Waals surface area (Å²) in [5.74, 6) is 0.160. The quantitative estimate of drug-likeness (QED) is 0.749. The Morgan fingerprint density at radius 2 is 2.27 bits per heavy atom. The molecule has 0 saturated carbocycles. The summed E-state index contributed by atoms with van der Waals surface area (Å²) in [5, 5.41) is 3.94. The maximum atomic E-state index is 11.6. The highest BCUT2D eigenvalue weighted by Gasteiger charge is 2.14. The number of aryl methyl sites for hydroxylation is 1. The van der Waals surface area contributed by atoms with Crippen LogP contribution in [0.15, 0.2) is 18.5 Å². The van der Waals surface area contributed by atoms with Crippen molar-refractivity contribution >= 4 is 9.84 Å². The molecule has 0 fully saturated rings. The molecule has 0 saturated heterocycles. The lowest BCUT2D eigenvalue weighted by molar-refractivity contribution is 0.570. The SMILES string of the molecule is CCC(N)CS(=O)(=O)CCn1cccn1. The van der Waals surface area contributed by atoms with Gasteiger partial charge < -0.3 is 5.73 Å². The molecule has 0 radical (unpaired) electrons. The lowest BCUT2D eigenvalue weighted by Crippen LogP contribution is -2.31. The Kier molecular flexibility index (Phi) is 4.28. The predicted octanol–water partition coefficient (Wildman–Crippen LogP) is 0.0352. The highest BCUT2D eigenvalue weighted by Crippen LogP contribution is 1.98. The zero-order chi connectivity index (χ0) is 11.3. The van der Waals surface area contributed by atoms with Crippen LogP contribution >= 0.6 is 0 Å². The van der Waals surface area contributed by atoms with E-state index in [2.05, 4.69) is 5.10 Å². The fraction of sp³-hybridized carbons (Fsp3) is 0.667. The Bertz CT molecular complexity index is 372. The van der Waals surface area contributed by atoms with E-state index >= 15 is 0 Å². The van der Waals surface area contributed by atoms with Gasteiger partial charge in [0.15, 0.2) is 9.84 Å². The van der Waals surface area contributed by atoms with E-state index in [9.17, 15) is 8.42 Å². The maximum absolute atomic E-state index is 11.6. The molecular formula is C9H17N3O2S. The minimum absolute atomic E-state index is 0.0603. The lowest BCUT2D eigenvalue weighted by Gasteiger charge is -2.09. The minimum atomic E-state index is -3.05. The van der Waals surface area contributed by atoms with E-state index in [-0.39, 0.29) is 17.5 Å². The van der Waals surface area contributed by atoms with Crippen molar-refractivity contribution in [2.24, 2.45) is 5.73 Å². The predicted molar refractivity (Wildman–Crippen MR) is 59.1 cm³/mol. The molecule has 0 aliphatic carbocycles. The van der Waals surface area contributed by atoms with Gasteiger partial charge in [-0.1, -0.05) is 6.92 Å². The van der Waals surface area contributed by atoms with Gasteiger partial charge in [-0.25, -0.2) is 8.42 Å². The molecule has 1 unspecified atom stereocenters. The molecule has 2 N–H and O–H groups in total. The summed E-state index contributed by atoms with van der Waals surface area (Å²) >= 11 is 0. The van der Waals surface area contributed by atoms with Crippen LogP contribution < -0.4 is 5.73 Å². The van der Waals surface area contributed by atoms with Crippen molar-refractivity contribution in [1.82, 2.24) is 9.78 Å². The average molecular weight is 231 g/mol. The smallest absolute Gasteiger partial charge is 0.153 e. The minimum Gasteiger partial charge on any atom is -0.327 e. The summed E-state index contributed by atoms with van der Waals surface area (Å²) in [7, 11) is -3.05. The van der Waals surface area contributed by atoms with Crippen LogP contribution in [0.25, 0.3) is 0 Å². The summed E-state index contributed by atoms with van der Waals surface area (Å²) < 4.78 is 24.8. The normalized spacial score (nSPS) is 14.0. The molecule has 0 amide bonds. The van der Waals surface area contributed by atoms with Crippen molar-refractivity contribution in [3.8, 4) is 0 Å². The molecule has 0 aliphatic rings. The Balaban J connectivity index is 2.43. The third-order valence-corrected chi connectivity index (χ3v) is 3.92. The Morgan fingerprint density at radius 1 is 1.53 bits per heavy atom. The van der Waals surface area contributed by atoms with Crippen molar-refractivity contribution in [2.75, 3.05) is 11.5 Å². The molecule has 0 aromatic carbocycles. The molecule has 1 aromatic heterocycles. The third-order valence-electron chi connectivity index (χ3n) is 2.18. The Hall–Kier alpha value is -0.880. The molecule has 1 rings (SSSR count). The summed E-state index contributed by atoms with van der Waals surface area (Å²) in [6.07, 6.45) is 4.06. The molecule has 5 nitrogen and oxygen atoms in total. The van der Waals surface area contributed by atoms with E-state index in [0.29, 0.717) is 13.0 Å². The number of hydrogen-bond donors (Lipinski definition) is 1. The second-order valence-electron chi connectivity index (χ2n) is 3.55. The van der Waals surface area contributed by atoms with Gasteiger partial charge in [0.2, 0.25) is 0 Å². The van der Waals surface area contributed by atoms with Crippen LogP contribution in [0.1, 0.15) is 13.3 Å². The van der Waals surface area contributed by atoms with Crippen molar-refractivity contribution in [2.45, 2.75) is 25.9 Å². The number of rotatable bonds is 6. The zero-order valence-corrected chi connectivity index (χ0v) is 9.65. The molecule has 15 heavy (non-hydrogen) atoms. The Labute approximate surface area is 90.2 Å². The van der Waals surface area contributed by atoms with Gasteiger partial charge in [-0.2, -0.15) is 5.10 Å². The largest absolute Gasteiger partial charge is 0.327 e. The van der Waals surface area contributed by atoms with E-state index in [0.717, 1.165) is 0 Å². The van der Waals surface area contributed by atoms with E-state index in [1.165, 1.54) is 0 Å². The molecule has 6 heteroatoms. The van der Waals surface area contributed by atoms with Gasteiger partial charge in [0.05, 0.1) is 18.1 Å². The standard InChI is InChI=1S/C9H17N3O2S/c1-2-9(10)8-15(13,14)7-6-12-5-3-4-11-12/h3-5,9H,2,6-8,10H2,1H3. The van der Waals surface area contributed by atoms with E-state index in [4.69, 9.17) is 5.73 Å². The van der Waals surface area contributed by atoms with Crippen LogP contribution in [-0.4, -0.2) is 35.7 Å². The molecule has 86 valence electrons. The first-order valence-corrected chi connectivity index (χ1v) is 6.79. The van der Waals surface area contributed by atoms with E-state index < -0.39 is 9.84 Å². The third kappa shape index (κ3) is 4.44. The van der Waals surface area contributed by atoms with Crippen molar-refractivity contribution in [3.05, 3.63) is 18.5 Å². The highest BCUT2D eigenvalue weighted by molar-refractivity contribution is 7.91. The first-order chi connectivity index (χ1) is 7.03. The van der Waals surface area contributed by atoms with Gasteiger partial charge in [-0.05, 0) is 12.5 Å². The van der Waals surface area contributed by atoms with Crippen LogP contribution in [0, 0.1) is 0 Å². The summed E-state index contributed by atoms with van der Waals surface area (Å²) in [5.41, 5.74) is 5.61. The van der Waals surface area contributed by atoms with Gasteiger partial charge in [-0.3, -0.25) is 4.68 Å². The lowest BCUT2D eigenvalue weighted by atomic mass is 10.3. The van der Waals surface area contributed by atoms with Crippen molar-refractivity contribution in [3.63, 3.8) is 0 Å². The van der Waals surface area contributed by atoms with Crippen LogP contribution in [0.2, 0.25) is 0 Å². The molecule has 0 bridgehead atoms. The van der Waals surface area contributed by atoms with Crippen LogP contribution in [-0.2, 0) is 16.4 Å². The number of nitrogens with zero attached hydrogens (tertiary/aromatic N) is 2. The number of nitrogens with two attached hydrogens (primary N) is 1. The topological polar surface area (TPSA) is 78.0 Å². The summed E-state index contributed by atoms with van der Waals surface area (Å²) in [4.78, 5) is 0. The second-order valence-corrected chi connectivity index (χ2v) is 5.78. The molecular weight excluding hydrogens is 214 g/mol. The number of aromatic nitrogens is 2. The van der Waals surface area contributed by atoms with E-state index in [1.54, 1.807) is 23.1 Å². The van der Waals surface area contributed by atoms with E-state index in [1.807, 2.05) is 6.92 Å². The first-order valence-electron chi connectivity index (χ1n) is 4.97. The zero-order valence-electron chi connectivity index (χ0n) is 8.83. The highest BCUT2D eigenvalue weighted by atomic mass is 32.2. The van der Waals surface area contributed by atoms with Gasteiger partial charge in [0.1, 0.15) is 0 Å². The molecule has 0 spiro atoms. The summed E-state index contributed by atoms with van der Waals surface area (Å²) in [6.45, 7) is 2.28. The first kappa shape index (κ1) is 12.2. The Morgan fingerprint density at radius 3 is 2.80 bits per heavy atom. The maximum Gasteiger partial charge on any atom is 0.153 e. The van der Waals surface area contributed by atoms with Crippen molar-refractivity contribution in [1.29, 1.82) is 0 Å². The van der Waals surface area contributed by atoms with Crippen LogP contribution in [0.3, 0.4) is 0 Å². The molecule has 1 atom stereocenters. The number of sulfone groups is 1. The van der Waals surface area contributed by atoms with Crippen molar-refractivity contribution < 1.29 is 8.42 Å². The fourth-order valence-corrected chi connectivity index (χ4v) is 2.71. The van der Waals surface area contributed by atoms with Gasteiger partial charge in [0, 0.05) is 18.4 Å². The van der Waals surface area contributed by atoms with Gasteiger partial charge >= 0.3 is 0 Å². The summed E-state index contributed by atoms with van der Waals surface area (Å²) in [6, 6.07) is 1.51. The second kappa shape index (κ2) is 5.27. The van der Waals surface area contributed by atoms with Crippen LogP contribution in [0.5, 0.6) is 0 Å². The molecule has 1 heterocycles. The number of hydrogen-bond acceptors (Lipinski definition) is 4. The monoisotopic (exact) mass is 231 g/mol. The average Bonchev–Trinajstić information content (AvgIpc) is 2.66. The molecule has 0 aliphatic heterocycles. The van der Waals surface area contributed by atoms with Gasteiger partial charge in [-0.15, -0.1) is 0 Å². The van der Waals surface area contributed by atoms with Gasteiger partial charge in [0.25, 0.3) is 0 Å².